The zero-order valence-electron chi connectivity index (χ0n) is 43.3. The van der Waals surface area contributed by atoms with Crippen molar-refractivity contribution in [3.63, 3.8) is 0 Å². The maximum Gasteiger partial charge on any atom is 0.164 e. The molecule has 15 rings (SSSR count). The summed E-state index contributed by atoms with van der Waals surface area (Å²) in [6, 6.07) is 101. The van der Waals surface area contributed by atoms with E-state index in [1.165, 1.54) is 55.6 Å². The molecule has 0 radical (unpaired) electrons. The maximum absolute atomic E-state index is 5.51. The van der Waals surface area contributed by atoms with Crippen LogP contribution in [0.25, 0.3) is 106 Å². The average molecular weight is 1010 g/mol. The molecule has 0 fully saturated rings. The molecule has 3 aliphatic carbocycles. The molecule has 1 aromatic heterocycles. The number of allylic oxidation sites excluding steroid dienone is 4. The van der Waals surface area contributed by atoms with Gasteiger partial charge < -0.3 is 0 Å². The molecule has 370 valence electrons. The molecule has 0 amide bonds. The third-order valence-corrected chi connectivity index (χ3v) is 16.6. The van der Waals surface area contributed by atoms with Gasteiger partial charge in [-0.15, -0.1) is 0 Å². The van der Waals surface area contributed by atoms with Gasteiger partial charge in [0, 0.05) is 28.5 Å². The Bertz CT molecular complexity index is 4020. The Balaban J connectivity index is 0.906. The van der Waals surface area contributed by atoms with Crippen LogP contribution in [0.3, 0.4) is 0 Å². The van der Waals surface area contributed by atoms with Crippen LogP contribution in [0.1, 0.15) is 34.0 Å². The number of hydrogen-bond donors (Lipinski definition) is 0. The Kier molecular flexibility index (Phi) is 11.2. The van der Waals surface area contributed by atoms with Crippen molar-refractivity contribution >= 4 is 5.57 Å². The number of hydrogen-bond acceptors (Lipinski definition) is 3. The monoisotopic (exact) mass is 1010 g/mol. The lowest BCUT2D eigenvalue weighted by atomic mass is 9.65. The largest absolute Gasteiger partial charge is 0.208 e. The molecule has 1 spiro atoms. The summed E-state index contributed by atoms with van der Waals surface area (Å²) in [5.74, 6) is 2.10. The van der Waals surface area contributed by atoms with Crippen LogP contribution in [0, 0.1) is 5.92 Å². The molecule has 12 aromatic rings. The van der Waals surface area contributed by atoms with Gasteiger partial charge in [0.05, 0.1) is 5.41 Å². The number of aromatic nitrogens is 3. The Labute approximate surface area is 461 Å². The van der Waals surface area contributed by atoms with Crippen molar-refractivity contribution in [3.8, 4) is 101 Å². The second kappa shape index (κ2) is 19.2. The molecule has 0 bridgehead atoms. The Morgan fingerprint density at radius 2 is 0.595 bits per heavy atom. The van der Waals surface area contributed by atoms with Gasteiger partial charge in [-0.1, -0.05) is 249 Å². The van der Waals surface area contributed by atoms with E-state index >= 15 is 0 Å². The summed E-state index contributed by atoms with van der Waals surface area (Å²) < 4.78 is 0. The van der Waals surface area contributed by atoms with Crippen LogP contribution in [-0.2, 0) is 5.41 Å². The van der Waals surface area contributed by atoms with Crippen LogP contribution in [0.5, 0.6) is 0 Å². The summed E-state index contributed by atoms with van der Waals surface area (Å²) in [6.07, 6.45) is 7.16. The minimum atomic E-state index is -0.397. The van der Waals surface area contributed by atoms with Crippen LogP contribution < -0.4 is 0 Å². The van der Waals surface area contributed by atoms with Gasteiger partial charge in [0.1, 0.15) is 0 Å². The summed E-state index contributed by atoms with van der Waals surface area (Å²) >= 11 is 0. The number of benzene rings is 11. The minimum Gasteiger partial charge on any atom is -0.208 e. The van der Waals surface area contributed by atoms with Crippen LogP contribution >= 0.6 is 0 Å². The smallest absolute Gasteiger partial charge is 0.164 e. The Morgan fingerprint density at radius 1 is 0.266 bits per heavy atom. The van der Waals surface area contributed by atoms with Crippen molar-refractivity contribution in [2.45, 2.75) is 11.3 Å². The predicted octanol–water partition coefficient (Wildman–Crippen LogP) is 18.9. The first-order valence-corrected chi connectivity index (χ1v) is 27.3. The highest BCUT2D eigenvalue weighted by Gasteiger charge is 2.57. The molecule has 3 nitrogen and oxygen atoms in total. The fourth-order valence-electron chi connectivity index (χ4n) is 13.0. The van der Waals surface area contributed by atoms with E-state index in [-0.39, 0.29) is 11.8 Å². The molecule has 0 saturated heterocycles. The van der Waals surface area contributed by atoms with E-state index in [0.717, 1.165) is 61.2 Å². The third kappa shape index (κ3) is 8.01. The Morgan fingerprint density at radius 3 is 1.04 bits per heavy atom. The maximum atomic E-state index is 5.51. The van der Waals surface area contributed by atoms with E-state index < -0.39 is 5.41 Å². The van der Waals surface area contributed by atoms with E-state index in [4.69, 9.17) is 15.0 Å². The first-order valence-electron chi connectivity index (χ1n) is 27.3. The highest BCUT2D eigenvalue weighted by Crippen LogP contribution is 2.65. The lowest BCUT2D eigenvalue weighted by molar-refractivity contribution is 0.467. The summed E-state index contributed by atoms with van der Waals surface area (Å²) in [5, 5.41) is 0. The van der Waals surface area contributed by atoms with Crippen molar-refractivity contribution < 1.29 is 0 Å². The van der Waals surface area contributed by atoms with Crippen molar-refractivity contribution in [2.75, 3.05) is 0 Å². The van der Waals surface area contributed by atoms with Gasteiger partial charge in [-0.3, -0.25) is 0 Å². The molecule has 2 unspecified atom stereocenters. The van der Waals surface area contributed by atoms with Crippen molar-refractivity contribution in [1.82, 2.24) is 15.0 Å². The van der Waals surface area contributed by atoms with Crippen molar-refractivity contribution in [3.05, 3.63) is 325 Å². The first kappa shape index (κ1) is 46.2. The van der Waals surface area contributed by atoms with Crippen LogP contribution in [0.15, 0.2) is 297 Å². The highest BCUT2D eigenvalue weighted by molar-refractivity contribution is 5.89. The highest BCUT2D eigenvalue weighted by atomic mass is 15.0. The molecule has 0 aliphatic heterocycles. The van der Waals surface area contributed by atoms with Gasteiger partial charge >= 0.3 is 0 Å². The van der Waals surface area contributed by atoms with E-state index in [1.54, 1.807) is 0 Å². The second-order valence-electron chi connectivity index (χ2n) is 21.0. The molecular weight excluding hydrogens is 955 g/mol. The molecule has 2 atom stereocenters. The number of rotatable bonds is 9. The number of fused-ring (bicyclic) bond motifs is 10. The third-order valence-electron chi connectivity index (χ3n) is 16.6. The van der Waals surface area contributed by atoms with E-state index in [1.807, 2.05) is 0 Å². The van der Waals surface area contributed by atoms with E-state index in [0.29, 0.717) is 17.5 Å². The molecule has 3 aliphatic rings. The minimum absolute atomic E-state index is 0.0661. The van der Waals surface area contributed by atoms with Crippen LogP contribution in [0.2, 0.25) is 0 Å². The summed E-state index contributed by atoms with van der Waals surface area (Å²) in [4.78, 5) is 16.5. The van der Waals surface area contributed by atoms with Gasteiger partial charge in [0.25, 0.3) is 0 Å². The molecule has 79 heavy (non-hydrogen) atoms. The fourth-order valence-corrected chi connectivity index (χ4v) is 13.0. The fraction of sp³-hybridized carbons (Fsp3) is 0.0395. The van der Waals surface area contributed by atoms with Crippen LogP contribution in [0.4, 0.5) is 0 Å². The van der Waals surface area contributed by atoms with Crippen molar-refractivity contribution in [2.24, 2.45) is 5.92 Å². The molecule has 0 N–H and O–H groups in total. The summed E-state index contributed by atoms with van der Waals surface area (Å²) in [6.45, 7) is 0. The molecular formula is C76H51N3. The van der Waals surface area contributed by atoms with Gasteiger partial charge in [0.15, 0.2) is 17.5 Å². The van der Waals surface area contributed by atoms with Crippen molar-refractivity contribution in [1.29, 1.82) is 0 Å². The van der Waals surface area contributed by atoms with Crippen LogP contribution in [-0.4, -0.2) is 15.0 Å². The van der Waals surface area contributed by atoms with Gasteiger partial charge in [-0.2, -0.15) is 0 Å². The molecule has 1 heterocycles. The second-order valence-corrected chi connectivity index (χ2v) is 21.0. The molecule has 3 heteroatoms. The zero-order valence-corrected chi connectivity index (χ0v) is 43.3. The summed E-state index contributed by atoms with van der Waals surface area (Å²) in [7, 11) is 0. The van der Waals surface area contributed by atoms with E-state index in [2.05, 4.69) is 297 Å². The topological polar surface area (TPSA) is 38.7 Å². The molecule has 0 saturated carbocycles. The first-order chi connectivity index (χ1) is 39.1. The summed E-state index contributed by atoms with van der Waals surface area (Å²) in [5.41, 5.74) is 24.2. The normalized spacial score (nSPS) is 15.2. The standard InChI is InChI=1S/C76H51N3/c1-5-21-50(22-6-1)59-43-60(51-23-7-2-8-24-51)46-63(45-59)54-29-19-31-56(41-54)73-77-74(57-32-20-30-55(42-57)64-47-61(52-25-9-3-10-26-52)44-62(48-64)53-27-11-4-12-28-53)79-75(78-73)58-39-40-68-67-35-15-18-38-71(67)76(72(68)49-58)69-36-16-13-33-65(69)66-34-14-17-37-70(66)76/h1-49,68,72H. The lowest BCUT2D eigenvalue weighted by Gasteiger charge is -2.36. The van der Waals surface area contributed by atoms with E-state index in [9.17, 15) is 0 Å². The molecule has 11 aromatic carbocycles. The zero-order chi connectivity index (χ0) is 52.3. The lowest BCUT2D eigenvalue weighted by Crippen LogP contribution is -2.33. The SMILES string of the molecule is C1=CC2c3ccccc3C3(c4ccccc4-c4ccccc43)C2C=C1c1nc(-c2cccc(-c3cc(-c4ccccc4)cc(-c4ccccc4)c3)c2)nc(-c2cccc(-c3cc(-c4ccccc4)cc(-c4ccccc4)c3)c2)n1. The quantitative estimate of drug-likeness (QED) is 0.145. The Hall–Kier alpha value is -10.1. The predicted molar refractivity (Wildman–Crippen MR) is 325 cm³/mol. The van der Waals surface area contributed by atoms with Gasteiger partial charge in [-0.05, 0) is 149 Å². The van der Waals surface area contributed by atoms with Gasteiger partial charge in [0.2, 0.25) is 0 Å². The number of nitrogens with zero attached hydrogens (tertiary/aromatic N) is 3. The van der Waals surface area contributed by atoms with Gasteiger partial charge in [-0.25, -0.2) is 15.0 Å². The average Bonchev–Trinajstić information content (AvgIpc) is 2.42.